The van der Waals surface area contributed by atoms with Crippen molar-refractivity contribution in [3.05, 3.63) is 53.2 Å². The van der Waals surface area contributed by atoms with Gasteiger partial charge in [-0.1, -0.05) is 12.1 Å². The Morgan fingerprint density at radius 1 is 1.12 bits per heavy atom. The van der Waals surface area contributed by atoms with Gasteiger partial charge in [-0.05, 0) is 57.3 Å². The Morgan fingerprint density at radius 2 is 1.82 bits per heavy atom. The summed E-state index contributed by atoms with van der Waals surface area (Å²) < 4.78 is 45.9. The SMILES string of the molecule is CC(C)N(C(=O)COC(=O)c1nc(-c2cccs2)n(-c2cccc(C(F)(F)F)c2)n1)C(C)C. The van der Waals surface area contributed by atoms with Crippen LogP contribution in [0.3, 0.4) is 0 Å². The highest BCUT2D eigenvalue weighted by atomic mass is 32.1. The van der Waals surface area contributed by atoms with Crippen LogP contribution in [0.2, 0.25) is 0 Å². The fraction of sp³-hybridized carbons (Fsp3) is 0.364. The molecule has 7 nitrogen and oxygen atoms in total. The summed E-state index contributed by atoms with van der Waals surface area (Å²) in [4.78, 5) is 31.4. The first-order valence-corrected chi connectivity index (χ1v) is 11.0. The van der Waals surface area contributed by atoms with Crippen molar-refractivity contribution in [2.45, 2.75) is 46.0 Å². The molecule has 0 aliphatic carbocycles. The second-order valence-electron chi connectivity index (χ2n) is 7.76. The summed E-state index contributed by atoms with van der Waals surface area (Å²) in [7, 11) is 0. The summed E-state index contributed by atoms with van der Waals surface area (Å²) in [5.74, 6) is -1.48. The molecule has 0 spiro atoms. The van der Waals surface area contributed by atoms with E-state index in [-0.39, 0.29) is 35.3 Å². The van der Waals surface area contributed by atoms with Gasteiger partial charge < -0.3 is 9.64 Å². The first-order chi connectivity index (χ1) is 15.5. The second-order valence-corrected chi connectivity index (χ2v) is 8.71. The first kappa shape index (κ1) is 24.4. The summed E-state index contributed by atoms with van der Waals surface area (Å²) in [6.45, 7) is 6.91. The number of amides is 1. The number of alkyl halides is 3. The third kappa shape index (κ3) is 5.59. The van der Waals surface area contributed by atoms with E-state index in [2.05, 4.69) is 10.1 Å². The molecule has 3 rings (SSSR count). The number of halogens is 3. The number of carbonyl (C=O) groups excluding carboxylic acids is 2. The fourth-order valence-corrected chi connectivity index (χ4v) is 4.09. The summed E-state index contributed by atoms with van der Waals surface area (Å²) in [6.07, 6.45) is -4.54. The Balaban J connectivity index is 1.91. The number of ether oxygens (including phenoxy) is 1. The minimum absolute atomic E-state index is 0.0834. The van der Waals surface area contributed by atoms with Crippen LogP contribution in [0.25, 0.3) is 16.4 Å². The molecule has 0 saturated carbocycles. The molecule has 0 aliphatic rings. The summed E-state index contributed by atoms with van der Waals surface area (Å²) in [6, 6.07) is 7.84. The number of hydrogen-bond donors (Lipinski definition) is 0. The number of nitrogens with zero attached hydrogens (tertiary/aromatic N) is 4. The van der Waals surface area contributed by atoms with Gasteiger partial charge in [-0.15, -0.1) is 16.4 Å². The predicted molar refractivity (Wildman–Crippen MR) is 117 cm³/mol. The number of benzene rings is 1. The van der Waals surface area contributed by atoms with Gasteiger partial charge in [0, 0.05) is 12.1 Å². The summed E-state index contributed by atoms with van der Waals surface area (Å²) in [5, 5.41) is 5.87. The Hall–Kier alpha value is -3.21. The molecule has 0 fully saturated rings. The molecule has 0 bridgehead atoms. The highest BCUT2D eigenvalue weighted by Crippen LogP contribution is 2.32. The van der Waals surface area contributed by atoms with Crippen LogP contribution in [0.15, 0.2) is 41.8 Å². The molecule has 0 N–H and O–H groups in total. The number of thiophene rings is 1. The number of hydrogen-bond acceptors (Lipinski definition) is 6. The molecule has 0 saturated heterocycles. The average molecular weight is 481 g/mol. The Kier molecular flexibility index (Phi) is 7.21. The van der Waals surface area contributed by atoms with Crippen molar-refractivity contribution in [3.8, 4) is 16.4 Å². The van der Waals surface area contributed by atoms with Gasteiger partial charge in [0.2, 0.25) is 0 Å². The van der Waals surface area contributed by atoms with E-state index in [9.17, 15) is 22.8 Å². The van der Waals surface area contributed by atoms with Gasteiger partial charge in [0.05, 0.1) is 16.1 Å². The Labute approximate surface area is 192 Å². The molecule has 2 heterocycles. The van der Waals surface area contributed by atoms with Gasteiger partial charge in [0.1, 0.15) is 0 Å². The molecule has 0 atom stereocenters. The van der Waals surface area contributed by atoms with Crippen LogP contribution in [-0.4, -0.2) is 50.2 Å². The zero-order valence-corrected chi connectivity index (χ0v) is 19.3. The monoisotopic (exact) mass is 480 g/mol. The van der Waals surface area contributed by atoms with Crippen LogP contribution in [0.1, 0.15) is 43.9 Å². The molecule has 0 aliphatic heterocycles. The minimum atomic E-state index is -4.54. The van der Waals surface area contributed by atoms with Crippen LogP contribution in [-0.2, 0) is 15.7 Å². The first-order valence-electron chi connectivity index (χ1n) is 10.2. The van der Waals surface area contributed by atoms with E-state index in [0.717, 1.165) is 16.8 Å². The molecule has 33 heavy (non-hydrogen) atoms. The van der Waals surface area contributed by atoms with E-state index in [4.69, 9.17) is 4.74 Å². The van der Waals surface area contributed by atoms with Crippen LogP contribution in [0, 0.1) is 0 Å². The molecule has 1 aromatic carbocycles. The van der Waals surface area contributed by atoms with E-state index in [0.29, 0.717) is 4.88 Å². The molecule has 1 amide bonds. The zero-order chi connectivity index (χ0) is 24.3. The van der Waals surface area contributed by atoms with Crippen molar-refractivity contribution >= 4 is 23.2 Å². The Morgan fingerprint density at radius 3 is 2.39 bits per heavy atom. The summed E-state index contributed by atoms with van der Waals surface area (Å²) in [5.41, 5.74) is -0.772. The maximum absolute atomic E-state index is 13.2. The topological polar surface area (TPSA) is 77.3 Å². The number of esters is 1. The molecule has 3 aromatic rings. The highest BCUT2D eigenvalue weighted by molar-refractivity contribution is 7.13. The predicted octanol–water partition coefficient (Wildman–Crippen LogP) is 4.82. The van der Waals surface area contributed by atoms with Gasteiger partial charge in [0.25, 0.3) is 11.7 Å². The second kappa shape index (κ2) is 9.74. The van der Waals surface area contributed by atoms with Gasteiger partial charge in [-0.2, -0.15) is 18.2 Å². The maximum atomic E-state index is 13.2. The molecular weight excluding hydrogens is 457 g/mol. The van der Waals surface area contributed by atoms with Crippen LogP contribution in [0.4, 0.5) is 13.2 Å². The molecule has 0 radical (unpaired) electrons. The molecule has 11 heteroatoms. The van der Waals surface area contributed by atoms with Crippen molar-refractivity contribution in [2.24, 2.45) is 0 Å². The number of carbonyl (C=O) groups is 2. The van der Waals surface area contributed by atoms with Gasteiger partial charge in [0.15, 0.2) is 12.4 Å². The highest BCUT2D eigenvalue weighted by Gasteiger charge is 2.31. The van der Waals surface area contributed by atoms with Crippen LogP contribution in [0.5, 0.6) is 0 Å². The lowest BCUT2D eigenvalue weighted by atomic mass is 10.2. The number of aromatic nitrogens is 3. The van der Waals surface area contributed by atoms with E-state index in [1.54, 1.807) is 22.4 Å². The van der Waals surface area contributed by atoms with E-state index < -0.39 is 24.3 Å². The third-order valence-corrected chi connectivity index (χ3v) is 5.54. The van der Waals surface area contributed by atoms with Crippen molar-refractivity contribution in [1.29, 1.82) is 0 Å². The smallest absolute Gasteiger partial charge is 0.416 e. The van der Waals surface area contributed by atoms with Gasteiger partial charge in [-0.3, -0.25) is 4.79 Å². The van der Waals surface area contributed by atoms with Crippen molar-refractivity contribution in [1.82, 2.24) is 19.7 Å². The summed E-state index contributed by atoms with van der Waals surface area (Å²) >= 11 is 1.29. The largest absolute Gasteiger partial charge is 0.450 e. The fourth-order valence-electron chi connectivity index (χ4n) is 3.40. The minimum Gasteiger partial charge on any atom is -0.450 e. The van der Waals surface area contributed by atoms with E-state index >= 15 is 0 Å². The molecular formula is C22H23F3N4O3S. The van der Waals surface area contributed by atoms with E-state index in [1.807, 2.05) is 27.7 Å². The van der Waals surface area contributed by atoms with Crippen molar-refractivity contribution in [2.75, 3.05) is 6.61 Å². The van der Waals surface area contributed by atoms with Gasteiger partial charge in [-0.25, -0.2) is 9.48 Å². The quantitative estimate of drug-likeness (QED) is 0.454. The van der Waals surface area contributed by atoms with Crippen LogP contribution < -0.4 is 0 Å². The van der Waals surface area contributed by atoms with Crippen molar-refractivity contribution < 1.29 is 27.5 Å². The lowest BCUT2D eigenvalue weighted by Crippen LogP contribution is -2.44. The normalized spacial score (nSPS) is 11.8. The average Bonchev–Trinajstić information content (AvgIpc) is 3.40. The standard InChI is InChI=1S/C22H23F3N4O3S/c1-13(2)28(14(3)4)18(30)12-32-21(31)19-26-20(17-9-6-10-33-17)29(27-19)16-8-5-7-15(11-16)22(23,24)25/h5-11,13-14H,12H2,1-4H3. The molecule has 176 valence electrons. The third-order valence-electron chi connectivity index (χ3n) is 4.68. The Bertz CT molecular complexity index is 1120. The van der Waals surface area contributed by atoms with E-state index in [1.165, 1.54) is 23.5 Å². The van der Waals surface area contributed by atoms with Crippen molar-refractivity contribution in [3.63, 3.8) is 0 Å². The molecule has 0 unspecified atom stereocenters. The zero-order valence-electron chi connectivity index (χ0n) is 18.5. The molecule has 2 aromatic heterocycles. The lowest BCUT2D eigenvalue weighted by molar-refractivity contribution is -0.138. The lowest BCUT2D eigenvalue weighted by Gasteiger charge is -2.30. The van der Waals surface area contributed by atoms with Crippen LogP contribution >= 0.6 is 11.3 Å². The number of rotatable bonds is 7. The maximum Gasteiger partial charge on any atom is 0.416 e. The van der Waals surface area contributed by atoms with Gasteiger partial charge >= 0.3 is 12.1 Å².